The van der Waals surface area contributed by atoms with E-state index in [0.29, 0.717) is 17.1 Å². The van der Waals surface area contributed by atoms with E-state index in [0.717, 1.165) is 10.9 Å². The Kier molecular flexibility index (Phi) is 3.43. The molecule has 2 N–H and O–H groups in total. The van der Waals surface area contributed by atoms with Gasteiger partial charge in [0.2, 0.25) is 11.7 Å². The maximum absolute atomic E-state index is 13.8. The predicted molar refractivity (Wildman–Crippen MR) is 79.0 cm³/mol. The van der Waals surface area contributed by atoms with Gasteiger partial charge in [-0.05, 0) is 23.4 Å². The van der Waals surface area contributed by atoms with E-state index >= 15 is 0 Å². The van der Waals surface area contributed by atoms with Gasteiger partial charge >= 0.3 is 0 Å². The van der Waals surface area contributed by atoms with Gasteiger partial charge in [-0.3, -0.25) is 0 Å². The molecule has 0 aliphatic heterocycles. The first kappa shape index (κ1) is 13.7. The molecule has 21 heavy (non-hydrogen) atoms. The van der Waals surface area contributed by atoms with Crippen LogP contribution < -0.4 is 5.73 Å². The van der Waals surface area contributed by atoms with Gasteiger partial charge in [0.1, 0.15) is 5.82 Å². The van der Waals surface area contributed by atoms with Gasteiger partial charge in [0, 0.05) is 10.9 Å². The monoisotopic (exact) mass is 285 g/mol. The van der Waals surface area contributed by atoms with Gasteiger partial charge in [-0.2, -0.15) is 4.98 Å². The molecule has 0 aliphatic carbocycles. The van der Waals surface area contributed by atoms with E-state index in [1.165, 1.54) is 6.07 Å². The van der Waals surface area contributed by atoms with Crippen LogP contribution in [0.15, 0.2) is 40.9 Å². The summed E-state index contributed by atoms with van der Waals surface area (Å²) in [4.78, 5) is 4.36. The number of hydrogen-bond donors (Lipinski definition) is 1. The van der Waals surface area contributed by atoms with E-state index in [9.17, 15) is 4.39 Å². The summed E-state index contributed by atoms with van der Waals surface area (Å²) in [6.07, 6.45) is 0. The number of nitrogens with two attached hydrogens (primary N) is 1. The average Bonchev–Trinajstić information content (AvgIpc) is 2.96. The smallest absolute Gasteiger partial charge is 0.244 e. The molecule has 5 heteroatoms. The van der Waals surface area contributed by atoms with Crippen molar-refractivity contribution in [3.63, 3.8) is 0 Å². The minimum atomic E-state index is -0.307. The lowest BCUT2D eigenvalue weighted by molar-refractivity contribution is 0.325. The van der Waals surface area contributed by atoms with Gasteiger partial charge in [0.05, 0.1) is 6.04 Å². The zero-order valence-electron chi connectivity index (χ0n) is 11.9. The van der Waals surface area contributed by atoms with Crippen LogP contribution in [0.5, 0.6) is 0 Å². The van der Waals surface area contributed by atoms with Crippen LogP contribution >= 0.6 is 0 Å². The Balaban J connectivity index is 2.11. The Morgan fingerprint density at radius 1 is 1.10 bits per heavy atom. The Labute approximate surface area is 121 Å². The van der Waals surface area contributed by atoms with Gasteiger partial charge in [-0.1, -0.05) is 43.3 Å². The van der Waals surface area contributed by atoms with E-state index in [2.05, 4.69) is 10.1 Å². The fraction of sp³-hybridized carbons (Fsp3) is 0.250. The molecular formula is C16H16FN3O. The third-order valence-electron chi connectivity index (χ3n) is 3.56. The van der Waals surface area contributed by atoms with Crippen molar-refractivity contribution >= 4 is 10.8 Å². The first-order valence-corrected chi connectivity index (χ1v) is 6.84. The van der Waals surface area contributed by atoms with Gasteiger partial charge < -0.3 is 10.3 Å². The Morgan fingerprint density at radius 2 is 1.81 bits per heavy atom. The SMILES string of the molecule is CC(C)[C@H](N)c1nc(-c2ccc(F)c3ccccc23)no1. The molecule has 0 saturated carbocycles. The molecule has 4 nitrogen and oxygen atoms in total. The topological polar surface area (TPSA) is 64.9 Å². The third-order valence-corrected chi connectivity index (χ3v) is 3.56. The van der Waals surface area contributed by atoms with Crippen LogP contribution in [0.25, 0.3) is 22.2 Å². The third kappa shape index (κ3) is 2.40. The highest BCUT2D eigenvalue weighted by atomic mass is 19.1. The second-order valence-corrected chi connectivity index (χ2v) is 5.37. The second-order valence-electron chi connectivity index (χ2n) is 5.37. The molecular weight excluding hydrogens is 269 g/mol. The van der Waals surface area contributed by atoms with Crippen LogP contribution in [-0.2, 0) is 0 Å². The normalized spacial score (nSPS) is 13.0. The number of benzene rings is 2. The predicted octanol–water partition coefficient (Wildman–Crippen LogP) is 3.68. The molecule has 0 bridgehead atoms. The summed E-state index contributed by atoms with van der Waals surface area (Å²) in [6.45, 7) is 3.98. The van der Waals surface area contributed by atoms with Crippen molar-refractivity contribution in [3.05, 3.63) is 48.1 Å². The Morgan fingerprint density at radius 3 is 2.52 bits per heavy atom. The standard InChI is InChI=1S/C16H16FN3O/c1-9(2)14(18)16-19-15(20-21-16)12-7-8-13(17)11-6-4-3-5-10(11)12/h3-9,14H,18H2,1-2H3/t14-/m0/s1. The van der Waals surface area contributed by atoms with Crippen LogP contribution in [0.4, 0.5) is 4.39 Å². The van der Waals surface area contributed by atoms with E-state index in [4.69, 9.17) is 10.3 Å². The largest absolute Gasteiger partial charge is 0.337 e. The number of halogens is 1. The highest BCUT2D eigenvalue weighted by Gasteiger charge is 2.19. The molecule has 1 atom stereocenters. The summed E-state index contributed by atoms with van der Waals surface area (Å²) >= 11 is 0. The van der Waals surface area contributed by atoms with Crippen molar-refractivity contribution in [2.24, 2.45) is 11.7 Å². The summed E-state index contributed by atoms with van der Waals surface area (Å²) in [7, 11) is 0. The number of aromatic nitrogens is 2. The van der Waals surface area contributed by atoms with Crippen LogP contribution in [0, 0.1) is 11.7 Å². The summed E-state index contributed by atoms with van der Waals surface area (Å²) in [5.41, 5.74) is 6.74. The summed E-state index contributed by atoms with van der Waals surface area (Å²) in [6, 6.07) is 9.99. The number of nitrogens with zero attached hydrogens (tertiary/aromatic N) is 2. The van der Waals surface area contributed by atoms with E-state index in [-0.39, 0.29) is 17.8 Å². The van der Waals surface area contributed by atoms with E-state index in [1.807, 2.05) is 26.0 Å². The fourth-order valence-electron chi connectivity index (χ4n) is 2.22. The molecule has 3 aromatic rings. The van der Waals surface area contributed by atoms with Crippen molar-refractivity contribution in [1.29, 1.82) is 0 Å². The van der Waals surface area contributed by atoms with Crippen molar-refractivity contribution in [2.75, 3.05) is 0 Å². The Bertz CT molecular complexity index is 782. The van der Waals surface area contributed by atoms with Crippen molar-refractivity contribution < 1.29 is 8.91 Å². The minimum Gasteiger partial charge on any atom is -0.337 e. The lowest BCUT2D eigenvalue weighted by atomic mass is 10.0. The van der Waals surface area contributed by atoms with Crippen molar-refractivity contribution in [3.8, 4) is 11.4 Å². The van der Waals surface area contributed by atoms with E-state index in [1.54, 1.807) is 18.2 Å². The average molecular weight is 285 g/mol. The first-order valence-electron chi connectivity index (χ1n) is 6.84. The summed E-state index contributed by atoms with van der Waals surface area (Å²) < 4.78 is 19.1. The molecule has 0 saturated heterocycles. The molecule has 1 heterocycles. The lowest BCUT2D eigenvalue weighted by Crippen LogP contribution is -2.16. The highest BCUT2D eigenvalue weighted by Crippen LogP contribution is 2.29. The molecule has 0 fully saturated rings. The van der Waals surface area contributed by atoms with E-state index < -0.39 is 0 Å². The first-order chi connectivity index (χ1) is 10.1. The number of rotatable bonds is 3. The zero-order valence-corrected chi connectivity index (χ0v) is 11.9. The molecule has 0 spiro atoms. The summed E-state index contributed by atoms with van der Waals surface area (Å²) in [5, 5.41) is 5.27. The van der Waals surface area contributed by atoms with Crippen LogP contribution in [0.2, 0.25) is 0 Å². The molecule has 0 aliphatic rings. The molecule has 1 aromatic heterocycles. The quantitative estimate of drug-likeness (QED) is 0.797. The fourth-order valence-corrected chi connectivity index (χ4v) is 2.22. The van der Waals surface area contributed by atoms with Gasteiger partial charge in [0.25, 0.3) is 0 Å². The van der Waals surface area contributed by atoms with Crippen LogP contribution in [0.1, 0.15) is 25.8 Å². The second kappa shape index (κ2) is 5.26. The molecule has 108 valence electrons. The van der Waals surface area contributed by atoms with Crippen LogP contribution in [-0.4, -0.2) is 10.1 Å². The van der Waals surface area contributed by atoms with Gasteiger partial charge in [0.15, 0.2) is 0 Å². The number of fused-ring (bicyclic) bond motifs is 1. The molecule has 2 aromatic carbocycles. The molecule has 3 rings (SSSR count). The zero-order chi connectivity index (χ0) is 15.0. The van der Waals surface area contributed by atoms with Gasteiger partial charge in [-0.25, -0.2) is 4.39 Å². The molecule has 0 unspecified atom stereocenters. The minimum absolute atomic E-state index is 0.197. The Hall–Kier alpha value is -2.27. The highest BCUT2D eigenvalue weighted by molar-refractivity contribution is 5.95. The maximum atomic E-state index is 13.8. The number of hydrogen-bond acceptors (Lipinski definition) is 4. The van der Waals surface area contributed by atoms with Crippen LogP contribution in [0.3, 0.4) is 0 Å². The van der Waals surface area contributed by atoms with Crippen molar-refractivity contribution in [2.45, 2.75) is 19.9 Å². The maximum Gasteiger partial charge on any atom is 0.244 e. The van der Waals surface area contributed by atoms with Crippen molar-refractivity contribution in [1.82, 2.24) is 10.1 Å². The lowest BCUT2D eigenvalue weighted by Gasteiger charge is -2.09. The molecule has 0 radical (unpaired) electrons. The molecule has 0 amide bonds. The van der Waals surface area contributed by atoms with Gasteiger partial charge in [-0.15, -0.1) is 0 Å². The summed E-state index contributed by atoms with van der Waals surface area (Å²) in [5.74, 6) is 0.755.